The topological polar surface area (TPSA) is 54.1 Å². The molecule has 2 heterocycles. The molecule has 0 fully saturated rings. The minimum absolute atomic E-state index is 0.139. The van der Waals surface area contributed by atoms with E-state index in [1.165, 1.54) is 40.9 Å². The first kappa shape index (κ1) is 16.6. The number of nitrogens with one attached hydrogen (secondary N) is 2. The summed E-state index contributed by atoms with van der Waals surface area (Å²) in [5.41, 5.74) is 6.03. The number of hydrogen-bond acceptors (Lipinski definition) is 3. The molecule has 0 bridgehead atoms. The van der Waals surface area contributed by atoms with Crippen LogP contribution in [0.15, 0.2) is 54.6 Å². The van der Waals surface area contributed by atoms with Gasteiger partial charge in [0.1, 0.15) is 0 Å². The summed E-state index contributed by atoms with van der Waals surface area (Å²) < 4.78 is 4.63. The average Bonchev–Trinajstić information content (AvgIpc) is 3.04. The lowest BCUT2D eigenvalue weighted by atomic mass is 9.90. The van der Waals surface area contributed by atoms with Crippen molar-refractivity contribution in [2.75, 3.05) is 7.11 Å². The third kappa shape index (κ3) is 3.04. The van der Waals surface area contributed by atoms with Gasteiger partial charge in [0.15, 0.2) is 0 Å². The number of methoxy groups -OCH3 is 1. The molecule has 132 valence electrons. The maximum Gasteiger partial charge on any atom is 0.330 e. The van der Waals surface area contributed by atoms with E-state index >= 15 is 0 Å². The summed E-state index contributed by atoms with van der Waals surface area (Å²) in [7, 11) is 1.38. The van der Waals surface area contributed by atoms with Crippen LogP contribution in [0.4, 0.5) is 0 Å². The highest BCUT2D eigenvalue weighted by Gasteiger charge is 2.28. The summed E-state index contributed by atoms with van der Waals surface area (Å²) in [4.78, 5) is 14.8. The number of carbonyl (C=O) groups excluding carboxylic acids is 1. The van der Waals surface area contributed by atoms with Gasteiger partial charge in [-0.25, -0.2) is 4.79 Å². The predicted molar refractivity (Wildman–Crippen MR) is 104 cm³/mol. The number of hydrogen-bond donors (Lipinski definition) is 2. The number of aromatic nitrogens is 1. The van der Waals surface area contributed by atoms with Crippen LogP contribution in [0.3, 0.4) is 0 Å². The van der Waals surface area contributed by atoms with Gasteiger partial charge in [-0.05, 0) is 42.2 Å². The first-order chi connectivity index (χ1) is 12.7. The van der Waals surface area contributed by atoms with Crippen molar-refractivity contribution in [3.05, 3.63) is 77.0 Å². The molecule has 2 atom stereocenters. The molecule has 3 aromatic rings. The molecule has 0 unspecified atom stereocenters. The van der Waals surface area contributed by atoms with Crippen LogP contribution in [0, 0.1) is 0 Å². The van der Waals surface area contributed by atoms with E-state index in [1.807, 2.05) is 12.1 Å². The second-order valence-electron chi connectivity index (χ2n) is 6.79. The summed E-state index contributed by atoms with van der Waals surface area (Å²) in [6.07, 6.45) is 4.22. The standard InChI is InChI=1S/C22H22N2O2/c1-14-13-18-17-5-3-4-6-19(17)24-22(18)21(23-14)16-10-7-15(8-11-16)9-12-20(25)26-2/h3-12,14,21,23-24H,13H2,1-2H3/t14-,21-/m1/s1. The predicted octanol–water partition coefficient (Wildman–Crippen LogP) is 3.98. The molecule has 0 amide bonds. The van der Waals surface area contributed by atoms with Gasteiger partial charge in [0.2, 0.25) is 0 Å². The van der Waals surface area contributed by atoms with Crippen LogP contribution >= 0.6 is 0 Å². The number of H-pyrrole nitrogens is 1. The Balaban J connectivity index is 1.68. The Morgan fingerprint density at radius 3 is 2.69 bits per heavy atom. The summed E-state index contributed by atoms with van der Waals surface area (Å²) in [6, 6.07) is 17.3. The Kier molecular flexibility index (Phi) is 4.35. The number of esters is 1. The second kappa shape index (κ2) is 6.81. The Morgan fingerprint density at radius 1 is 1.15 bits per heavy atom. The maximum atomic E-state index is 11.2. The molecular weight excluding hydrogens is 324 g/mol. The fraction of sp³-hybridized carbons (Fsp3) is 0.227. The molecule has 2 aromatic carbocycles. The fourth-order valence-electron chi connectivity index (χ4n) is 3.71. The first-order valence-corrected chi connectivity index (χ1v) is 8.87. The van der Waals surface area contributed by atoms with Crippen LogP contribution in [-0.2, 0) is 16.0 Å². The molecule has 4 rings (SSSR count). The molecule has 26 heavy (non-hydrogen) atoms. The van der Waals surface area contributed by atoms with Crippen LogP contribution in [0.2, 0.25) is 0 Å². The lowest BCUT2D eigenvalue weighted by Gasteiger charge is -2.29. The molecule has 0 saturated heterocycles. The highest BCUT2D eigenvalue weighted by atomic mass is 16.5. The zero-order chi connectivity index (χ0) is 18.1. The van der Waals surface area contributed by atoms with E-state index in [0.29, 0.717) is 6.04 Å². The molecule has 4 nitrogen and oxygen atoms in total. The van der Waals surface area contributed by atoms with E-state index in [2.05, 4.69) is 58.4 Å². The number of para-hydroxylation sites is 1. The van der Waals surface area contributed by atoms with Crippen LogP contribution in [0.5, 0.6) is 0 Å². The van der Waals surface area contributed by atoms with Crippen molar-refractivity contribution in [3.8, 4) is 0 Å². The number of aromatic amines is 1. The van der Waals surface area contributed by atoms with Crippen molar-refractivity contribution < 1.29 is 9.53 Å². The minimum atomic E-state index is -0.348. The van der Waals surface area contributed by atoms with E-state index in [1.54, 1.807) is 6.08 Å². The molecule has 1 aliphatic rings. The van der Waals surface area contributed by atoms with Gasteiger partial charge < -0.3 is 15.0 Å². The third-order valence-corrected chi connectivity index (χ3v) is 4.98. The van der Waals surface area contributed by atoms with Crippen molar-refractivity contribution in [1.29, 1.82) is 0 Å². The van der Waals surface area contributed by atoms with E-state index in [4.69, 9.17) is 0 Å². The Hall–Kier alpha value is -2.85. The zero-order valence-electron chi connectivity index (χ0n) is 15.0. The van der Waals surface area contributed by atoms with Gasteiger partial charge in [-0.15, -0.1) is 0 Å². The largest absolute Gasteiger partial charge is 0.466 e. The maximum absolute atomic E-state index is 11.2. The molecule has 0 saturated carbocycles. The fourth-order valence-corrected chi connectivity index (χ4v) is 3.71. The van der Waals surface area contributed by atoms with Crippen LogP contribution < -0.4 is 5.32 Å². The van der Waals surface area contributed by atoms with E-state index in [0.717, 1.165) is 12.0 Å². The highest BCUT2D eigenvalue weighted by Crippen LogP contribution is 2.35. The van der Waals surface area contributed by atoms with Crippen LogP contribution in [0.25, 0.3) is 17.0 Å². The third-order valence-electron chi connectivity index (χ3n) is 4.98. The minimum Gasteiger partial charge on any atom is -0.466 e. The van der Waals surface area contributed by atoms with Gasteiger partial charge >= 0.3 is 5.97 Å². The van der Waals surface area contributed by atoms with E-state index in [-0.39, 0.29) is 12.0 Å². The van der Waals surface area contributed by atoms with E-state index in [9.17, 15) is 4.79 Å². The summed E-state index contributed by atoms with van der Waals surface area (Å²) in [5.74, 6) is -0.348. The second-order valence-corrected chi connectivity index (χ2v) is 6.79. The highest BCUT2D eigenvalue weighted by molar-refractivity contribution is 5.87. The zero-order valence-corrected chi connectivity index (χ0v) is 15.0. The van der Waals surface area contributed by atoms with Gasteiger partial charge in [-0.3, -0.25) is 0 Å². The summed E-state index contributed by atoms with van der Waals surface area (Å²) >= 11 is 0. The number of ether oxygens (including phenoxy) is 1. The van der Waals surface area contributed by atoms with Gasteiger partial charge in [-0.2, -0.15) is 0 Å². The molecule has 0 spiro atoms. The first-order valence-electron chi connectivity index (χ1n) is 8.87. The molecule has 1 aromatic heterocycles. The smallest absolute Gasteiger partial charge is 0.330 e. The molecule has 1 aliphatic heterocycles. The van der Waals surface area contributed by atoms with Crippen molar-refractivity contribution in [2.45, 2.75) is 25.4 Å². The van der Waals surface area contributed by atoms with Crippen LogP contribution in [0.1, 0.15) is 35.3 Å². The Morgan fingerprint density at radius 2 is 1.92 bits per heavy atom. The monoisotopic (exact) mass is 346 g/mol. The van der Waals surface area contributed by atoms with Crippen molar-refractivity contribution in [3.63, 3.8) is 0 Å². The average molecular weight is 346 g/mol. The summed E-state index contributed by atoms with van der Waals surface area (Å²) in [5, 5.41) is 5.02. The van der Waals surface area contributed by atoms with Crippen LogP contribution in [-0.4, -0.2) is 24.1 Å². The molecular formula is C22H22N2O2. The van der Waals surface area contributed by atoms with Gasteiger partial charge in [0, 0.05) is 28.7 Å². The molecule has 0 aliphatic carbocycles. The molecule has 2 N–H and O–H groups in total. The summed E-state index contributed by atoms with van der Waals surface area (Å²) in [6.45, 7) is 2.23. The van der Waals surface area contributed by atoms with Crippen molar-refractivity contribution >= 4 is 22.9 Å². The number of carbonyl (C=O) groups is 1. The SMILES string of the molecule is COC(=O)C=Cc1ccc([C@H]2N[C@H](C)Cc3c2[nH]c2ccccc32)cc1. The molecule has 4 heteroatoms. The van der Waals surface area contributed by atoms with Crippen molar-refractivity contribution in [1.82, 2.24) is 10.3 Å². The van der Waals surface area contributed by atoms with Gasteiger partial charge in [-0.1, -0.05) is 42.5 Å². The molecule has 0 radical (unpaired) electrons. The quantitative estimate of drug-likeness (QED) is 0.557. The number of benzene rings is 2. The van der Waals surface area contributed by atoms with E-state index < -0.39 is 0 Å². The van der Waals surface area contributed by atoms with Gasteiger partial charge in [0.25, 0.3) is 0 Å². The lowest BCUT2D eigenvalue weighted by Crippen LogP contribution is -2.37. The normalized spacial score (nSPS) is 19.6. The Labute approximate surface area is 152 Å². The van der Waals surface area contributed by atoms with Gasteiger partial charge in [0.05, 0.1) is 13.2 Å². The number of rotatable bonds is 3. The van der Waals surface area contributed by atoms with Crippen molar-refractivity contribution in [2.24, 2.45) is 0 Å². The number of fused-ring (bicyclic) bond motifs is 3. The Bertz CT molecular complexity index is 969. The lowest BCUT2D eigenvalue weighted by molar-refractivity contribution is -0.134.